The zero-order valence-corrected chi connectivity index (χ0v) is 19.0. The van der Waals surface area contributed by atoms with Gasteiger partial charge in [-0.2, -0.15) is 0 Å². The molecule has 4 rings (SSSR count). The second kappa shape index (κ2) is 9.17. The van der Waals surface area contributed by atoms with Crippen LogP contribution in [0.25, 0.3) is 0 Å². The fraction of sp³-hybridized carbons (Fsp3) is 0.273. The maximum absolute atomic E-state index is 12.5. The number of hydrogen-bond acceptors (Lipinski definition) is 7. The lowest BCUT2D eigenvalue weighted by molar-refractivity contribution is -0.117. The van der Waals surface area contributed by atoms with E-state index in [1.165, 1.54) is 23.5 Å². The quantitative estimate of drug-likeness (QED) is 0.568. The highest BCUT2D eigenvalue weighted by atomic mass is 32.2. The predicted molar refractivity (Wildman–Crippen MR) is 123 cm³/mol. The Morgan fingerprint density at radius 3 is 2.56 bits per heavy atom. The third-order valence-electron chi connectivity index (χ3n) is 5.21. The molecule has 0 bridgehead atoms. The van der Waals surface area contributed by atoms with Crippen LogP contribution in [0.1, 0.15) is 29.3 Å². The largest absolute Gasteiger partial charge is 0.312 e. The molecule has 32 heavy (non-hydrogen) atoms. The van der Waals surface area contributed by atoms with Gasteiger partial charge in [0.2, 0.25) is 16.9 Å². The lowest BCUT2D eigenvalue weighted by Gasteiger charge is -2.16. The molecular weight excluding hydrogens is 448 g/mol. The van der Waals surface area contributed by atoms with Gasteiger partial charge in [0.25, 0.3) is 0 Å². The van der Waals surface area contributed by atoms with Crippen LogP contribution in [-0.4, -0.2) is 42.7 Å². The number of benzene rings is 2. The van der Waals surface area contributed by atoms with Crippen LogP contribution in [0.2, 0.25) is 0 Å². The van der Waals surface area contributed by atoms with Crippen LogP contribution >= 0.6 is 11.3 Å². The number of aryl methyl sites for hydroxylation is 1. The zero-order valence-electron chi connectivity index (χ0n) is 17.4. The smallest absolute Gasteiger partial charge is 0.227 e. The summed E-state index contributed by atoms with van der Waals surface area (Å²) in [6, 6.07) is 15.8. The highest BCUT2D eigenvalue weighted by Crippen LogP contribution is 2.34. The molecule has 1 saturated heterocycles. The number of hydrogen-bond donors (Lipinski definition) is 1. The molecule has 1 unspecified atom stereocenters. The molecule has 1 aliphatic rings. The van der Waals surface area contributed by atoms with Gasteiger partial charge < -0.3 is 10.2 Å². The normalized spacial score (nSPS) is 16.3. The lowest BCUT2D eigenvalue weighted by atomic mass is 10.1. The molecule has 2 heterocycles. The monoisotopic (exact) mass is 470 g/mol. The number of rotatable bonds is 7. The van der Waals surface area contributed by atoms with Crippen molar-refractivity contribution in [2.45, 2.75) is 30.6 Å². The van der Waals surface area contributed by atoms with Gasteiger partial charge in [-0.3, -0.25) is 9.59 Å². The number of anilines is 2. The van der Waals surface area contributed by atoms with Gasteiger partial charge in [-0.05, 0) is 31.2 Å². The molecule has 1 aliphatic heterocycles. The lowest BCUT2D eigenvalue weighted by Crippen LogP contribution is -2.24. The van der Waals surface area contributed by atoms with Crippen LogP contribution in [-0.2, 0) is 19.4 Å². The van der Waals surface area contributed by atoms with Gasteiger partial charge in [0.05, 0.1) is 10.6 Å². The van der Waals surface area contributed by atoms with Crippen molar-refractivity contribution < 1.29 is 18.0 Å². The number of carbonyl (C=O) groups excluding carboxylic acids is 2. The predicted octanol–water partition coefficient (Wildman–Crippen LogP) is 3.17. The summed E-state index contributed by atoms with van der Waals surface area (Å²) in [4.78, 5) is 26.6. The Morgan fingerprint density at radius 2 is 1.84 bits per heavy atom. The fourth-order valence-electron chi connectivity index (χ4n) is 3.45. The zero-order chi connectivity index (χ0) is 22.7. The van der Waals surface area contributed by atoms with E-state index in [-0.39, 0.29) is 28.9 Å². The second-order valence-corrected chi connectivity index (χ2v) is 10.7. The third-order valence-corrected chi connectivity index (χ3v) is 7.94. The summed E-state index contributed by atoms with van der Waals surface area (Å²) in [6.07, 6.45) is 0.140. The van der Waals surface area contributed by atoms with Gasteiger partial charge in [0.1, 0.15) is 5.01 Å². The summed E-state index contributed by atoms with van der Waals surface area (Å²) in [5, 5.41) is 11.7. The molecule has 10 heteroatoms. The highest BCUT2D eigenvalue weighted by molar-refractivity contribution is 7.91. The Morgan fingerprint density at radius 1 is 1.12 bits per heavy atom. The Kier molecular flexibility index (Phi) is 6.33. The van der Waals surface area contributed by atoms with Crippen molar-refractivity contribution in [3.05, 3.63) is 65.2 Å². The number of aromatic nitrogens is 2. The van der Waals surface area contributed by atoms with E-state index in [0.29, 0.717) is 23.1 Å². The van der Waals surface area contributed by atoms with Crippen molar-refractivity contribution in [3.63, 3.8) is 0 Å². The number of nitrogens with one attached hydrogen (secondary N) is 1. The van der Waals surface area contributed by atoms with Gasteiger partial charge >= 0.3 is 0 Å². The van der Waals surface area contributed by atoms with E-state index in [1.54, 1.807) is 23.1 Å². The standard InChI is InChI=1S/C22H22N4O4S2/c1-15-7-9-17(10-8-15)26-14-16(13-20(26)28)21-24-25-22(31-21)23-19(27)11-12-32(29,30)18-5-3-2-4-6-18/h2-10,16H,11-14H2,1H3,(H,23,25,27). The van der Waals surface area contributed by atoms with E-state index in [1.807, 2.05) is 31.2 Å². The van der Waals surface area contributed by atoms with Gasteiger partial charge in [-0.15, -0.1) is 10.2 Å². The molecular formula is C22H22N4O4S2. The molecule has 0 aliphatic carbocycles. The Hall–Kier alpha value is -3.11. The highest BCUT2D eigenvalue weighted by Gasteiger charge is 2.34. The van der Waals surface area contributed by atoms with E-state index < -0.39 is 15.7 Å². The summed E-state index contributed by atoms with van der Waals surface area (Å²) in [6.45, 7) is 2.49. The first-order valence-corrected chi connectivity index (χ1v) is 12.6. The summed E-state index contributed by atoms with van der Waals surface area (Å²) in [5.74, 6) is -0.830. The van der Waals surface area contributed by atoms with Crippen molar-refractivity contribution in [1.29, 1.82) is 0 Å². The van der Waals surface area contributed by atoms with Crippen molar-refractivity contribution in [3.8, 4) is 0 Å². The minimum Gasteiger partial charge on any atom is -0.312 e. The molecule has 3 aromatic rings. The second-order valence-electron chi connectivity index (χ2n) is 7.62. The van der Waals surface area contributed by atoms with Crippen LogP contribution in [0.4, 0.5) is 10.8 Å². The molecule has 2 amide bonds. The SMILES string of the molecule is Cc1ccc(N2CC(c3nnc(NC(=O)CCS(=O)(=O)c4ccccc4)s3)CC2=O)cc1. The van der Waals surface area contributed by atoms with Gasteiger partial charge in [-0.1, -0.05) is 47.2 Å². The average molecular weight is 471 g/mol. The number of amides is 2. The molecule has 1 aromatic heterocycles. The number of carbonyl (C=O) groups is 2. The number of nitrogens with zero attached hydrogens (tertiary/aromatic N) is 3. The van der Waals surface area contributed by atoms with Gasteiger partial charge in [0, 0.05) is 31.0 Å². The van der Waals surface area contributed by atoms with Crippen molar-refractivity contribution >= 4 is 43.8 Å². The molecule has 166 valence electrons. The average Bonchev–Trinajstić information content (AvgIpc) is 3.40. The Bertz CT molecular complexity index is 1220. The molecule has 0 saturated carbocycles. The summed E-state index contributed by atoms with van der Waals surface area (Å²) >= 11 is 1.21. The fourth-order valence-corrected chi connectivity index (χ4v) is 5.56. The van der Waals surface area contributed by atoms with E-state index in [0.717, 1.165) is 11.3 Å². The first-order valence-electron chi connectivity index (χ1n) is 10.1. The Balaban J connectivity index is 1.34. The first kappa shape index (κ1) is 22.1. The van der Waals surface area contributed by atoms with Crippen LogP contribution in [0.15, 0.2) is 59.5 Å². The molecule has 1 atom stereocenters. The maximum Gasteiger partial charge on any atom is 0.227 e. The van der Waals surface area contributed by atoms with Crippen molar-refractivity contribution in [2.75, 3.05) is 22.5 Å². The van der Waals surface area contributed by atoms with E-state index in [9.17, 15) is 18.0 Å². The van der Waals surface area contributed by atoms with E-state index >= 15 is 0 Å². The van der Waals surface area contributed by atoms with Gasteiger partial charge in [-0.25, -0.2) is 8.42 Å². The maximum atomic E-state index is 12.5. The van der Waals surface area contributed by atoms with Gasteiger partial charge in [0.15, 0.2) is 9.84 Å². The molecule has 2 aromatic carbocycles. The number of sulfone groups is 1. The molecule has 0 radical (unpaired) electrons. The van der Waals surface area contributed by atoms with Crippen molar-refractivity contribution in [1.82, 2.24) is 10.2 Å². The van der Waals surface area contributed by atoms with E-state index in [2.05, 4.69) is 15.5 Å². The minimum absolute atomic E-state index is 0.0192. The van der Waals surface area contributed by atoms with Crippen LogP contribution in [0.5, 0.6) is 0 Å². The van der Waals surface area contributed by atoms with Crippen LogP contribution < -0.4 is 10.2 Å². The van der Waals surface area contributed by atoms with Crippen LogP contribution in [0, 0.1) is 6.92 Å². The summed E-state index contributed by atoms with van der Waals surface area (Å²) in [5.41, 5.74) is 1.97. The van der Waals surface area contributed by atoms with Crippen LogP contribution in [0.3, 0.4) is 0 Å². The topological polar surface area (TPSA) is 109 Å². The molecule has 8 nitrogen and oxygen atoms in total. The van der Waals surface area contributed by atoms with E-state index in [4.69, 9.17) is 0 Å². The summed E-state index contributed by atoms with van der Waals surface area (Å²) < 4.78 is 24.6. The third kappa shape index (κ3) is 5.03. The molecule has 1 N–H and O–H groups in total. The Labute approximate surface area is 190 Å². The molecule has 1 fully saturated rings. The summed E-state index contributed by atoms with van der Waals surface area (Å²) in [7, 11) is -3.53. The first-order chi connectivity index (χ1) is 15.3. The minimum atomic E-state index is -3.53. The molecule has 0 spiro atoms. The van der Waals surface area contributed by atoms with Crippen molar-refractivity contribution in [2.24, 2.45) is 0 Å².